The Bertz CT molecular complexity index is 451. The predicted molar refractivity (Wildman–Crippen MR) is 82.8 cm³/mol. The van der Waals surface area contributed by atoms with Gasteiger partial charge in [0.25, 0.3) is 0 Å². The van der Waals surface area contributed by atoms with E-state index in [1.807, 2.05) is 19.1 Å². The largest absolute Gasteiger partial charge is 0.497 e. The first-order valence-corrected chi connectivity index (χ1v) is 7.49. The molecule has 2 rings (SSSR count). The summed E-state index contributed by atoms with van der Waals surface area (Å²) >= 11 is 0. The first-order valence-electron chi connectivity index (χ1n) is 7.49. The van der Waals surface area contributed by atoms with Crippen LogP contribution >= 0.6 is 0 Å². The third-order valence-electron chi connectivity index (χ3n) is 3.97. The smallest absolute Gasteiger partial charge is 0.127 e. The molecule has 0 spiro atoms. The van der Waals surface area contributed by atoms with Gasteiger partial charge < -0.3 is 14.2 Å². The standard InChI is InChI=1S/C16H26N2O3/c1-5-21-16-12(2)18(9-8-17-16)11-13-6-7-14(19-3)10-15(13)20-4/h6-7,10,12,16-17H,5,8-9,11H2,1-4H3/t12?,16-/m1/s1. The molecule has 0 bridgehead atoms. The monoisotopic (exact) mass is 294 g/mol. The summed E-state index contributed by atoms with van der Waals surface area (Å²) in [6.07, 6.45) is 0.0907. The van der Waals surface area contributed by atoms with Crippen LogP contribution in [0.4, 0.5) is 0 Å². The van der Waals surface area contributed by atoms with Crippen molar-refractivity contribution in [1.82, 2.24) is 10.2 Å². The molecule has 1 N–H and O–H groups in total. The van der Waals surface area contributed by atoms with Crippen LogP contribution in [-0.2, 0) is 11.3 Å². The van der Waals surface area contributed by atoms with Crippen LogP contribution in [0.3, 0.4) is 0 Å². The van der Waals surface area contributed by atoms with Crippen molar-refractivity contribution >= 4 is 0 Å². The van der Waals surface area contributed by atoms with E-state index >= 15 is 0 Å². The molecule has 1 fully saturated rings. The zero-order chi connectivity index (χ0) is 15.2. The summed E-state index contributed by atoms with van der Waals surface area (Å²) in [5, 5.41) is 3.42. The van der Waals surface area contributed by atoms with Gasteiger partial charge in [0, 0.05) is 43.9 Å². The van der Waals surface area contributed by atoms with Crippen molar-refractivity contribution in [3.63, 3.8) is 0 Å². The molecule has 1 aliphatic rings. The molecule has 0 aliphatic carbocycles. The fraction of sp³-hybridized carbons (Fsp3) is 0.625. The third-order valence-corrected chi connectivity index (χ3v) is 3.97. The van der Waals surface area contributed by atoms with Gasteiger partial charge in [-0.1, -0.05) is 6.07 Å². The molecule has 1 saturated heterocycles. The van der Waals surface area contributed by atoms with Gasteiger partial charge in [-0.05, 0) is 19.9 Å². The summed E-state index contributed by atoms with van der Waals surface area (Å²) in [6.45, 7) is 7.73. The highest BCUT2D eigenvalue weighted by Crippen LogP contribution is 2.27. The molecule has 0 aromatic heterocycles. The number of rotatable bonds is 6. The normalized spacial score (nSPS) is 23.0. The molecule has 0 radical (unpaired) electrons. The van der Waals surface area contributed by atoms with E-state index in [9.17, 15) is 0 Å². The van der Waals surface area contributed by atoms with Gasteiger partial charge in [-0.2, -0.15) is 0 Å². The van der Waals surface area contributed by atoms with E-state index in [0.717, 1.165) is 37.7 Å². The first-order chi connectivity index (χ1) is 10.2. The van der Waals surface area contributed by atoms with Gasteiger partial charge in [-0.3, -0.25) is 10.2 Å². The average molecular weight is 294 g/mol. The molecule has 1 aliphatic heterocycles. The number of piperazine rings is 1. The minimum Gasteiger partial charge on any atom is -0.497 e. The topological polar surface area (TPSA) is 43.0 Å². The van der Waals surface area contributed by atoms with Crippen LogP contribution in [0.1, 0.15) is 19.4 Å². The van der Waals surface area contributed by atoms with Crippen LogP contribution in [0.15, 0.2) is 18.2 Å². The number of nitrogens with one attached hydrogen (secondary N) is 1. The zero-order valence-corrected chi connectivity index (χ0v) is 13.4. The van der Waals surface area contributed by atoms with Crippen molar-refractivity contribution < 1.29 is 14.2 Å². The molecule has 0 saturated carbocycles. The number of hydrogen-bond donors (Lipinski definition) is 1. The first kappa shape index (κ1) is 16.1. The molecule has 1 heterocycles. The summed E-state index contributed by atoms with van der Waals surface area (Å²) in [5.74, 6) is 1.68. The SMILES string of the molecule is CCO[C@H]1NCCN(Cc2ccc(OC)cc2OC)C1C. The average Bonchev–Trinajstić information content (AvgIpc) is 2.51. The van der Waals surface area contributed by atoms with E-state index in [0.29, 0.717) is 6.04 Å². The molecule has 1 aromatic carbocycles. The maximum absolute atomic E-state index is 5.75. The van der Waals surface area contributed by atoms with Crippen molar-refractivity contribution in [3.8, 4) is 11.5 Å². The Morgan fingerprint density at radius 2 is 2.10 bits per heavy atom. The van der Waals surface area contributed by atoms with Crippen molar-refractivity contribution in [2.24, 2.45) is 0 Å². The summed E-state index contributed by atoms with van der Waals surface area (Å²) in [4.78, 5) is 2.42. The van der Waals surface area contributed by atoms with E-state index in [4.69, 9.17) is 14.2 Å². The highest BCUT2D eigenvalue weighted by molar-refractivity contribution is 5.40. The van der Waals surface area contributed by atoms with Gasteiger partial charge in [-0.25, -0.2) is 0 Å². The maximum Gasteiger partial charge on any atom is 0.127 e. The van der Waals surface area contributed by atoms with Crippen molar-refractivity contribution in [3.05, 3.63) is 23.8 Å². The van der Waals surface area contributed by atoms with Gasteiger partial charge in [0.05, 0.1) is 14.2 Å². The summed E-state index contributed by atoms with van der Waals surface area (Å²) < 4.78 is 16.5. The molecule has 1 unspecified atom stereocenters. The summed E-state index contributed by atoms with van der Waals surface area (Å²) in [6, 6.07) is 6.31. The van der Waals surface area contributed by atoms with Gasteiger partial charge in [0.1, 0.15) is 17.7 Å². The fourth-order valence-corrected chi connectivity index (χ4v) is 2.72. The highest BCUT2D eigenvalue weighted by Gasteiger charge is 2.28. The molecular formula is C16H26N2O3. The lowest BCUT2D eigenvalue weighted by molar-refractivity contribution is -0.0476. The van der Waals surface area contributed by atoms with Crippen LogP contribution in [0.2, 0.25) is 0 Å². The highest BCUT2D eigenvalue weighted by atomic mass is 16.5. The molecule has 1 aromatic rings. The lowest BCUT2D eigenvalue weighted by Gasteiger charge is -2.39. The number of benzene rings is 1. The molecule has 0 amide bonds. The van der Waals surface area contributed by atoms with Gasteiger partial charge in [-0.15, -0.1) is 0 Å². The number of ether oxygens (including phenoxy) is 3. The minimum absolute atomic E-state index is 0.0907. The fourth-order valence-electron chi connectivity index (χ4n) is 2.72. The number of hydrogen-bond acceptors (Lipinski definition) is 5. The Morgan fingerprint density at radius 1 is 1.29 bits per heavy atom. The summed E-state index contributed by atoms with van der Waals surface area (Å²) in [7, 11) is 3.36. The molecule has 21 heavy (non-hydrogen) atoms. The Morgan fingerprint density at radius 3 is 2.76 bits per heavy atom. The van der Waals surface area contributed by atoms with Crippen LogP contribution in [0.5, 0.6) is 11.5 Å². The lowest BCUT2D eigenvalue weighted by atomic mass is 10.1. The Hall–Kier alpha value is -1.30. The lowest BCUT2D eigenvalue weighted by Crippen LogP contribution is -2.57. The third kappa shape index (κ3) is 3.87. The van der Waals surface area contributed by atoms with E-state index in [1.54, 1.807) is 14.2 Å². The van der Waals surface area contributed by atoms with Crippen molar-refractivity contribution in [2.75, 3.05) is 33.9 Å². The second-order valence-corrected chi connectivity index (χ2v) is 5.22. The Kier molecular flexibility index (Phi) is 5.85. The second-order valence-electron chi connectivity index (χ2n) is 5.22. The Labute approximate surface area is 127 Å². The molecule has 2 atom stereocenters. The van der Waals surface area contributed by atoms with Crippen molar-refractivity contribution in [2.45, 2.75) is 32.7 Å². The zero-order valence-electron chi connectivity index (χ0n) is 13.4. The van der Waals surface area contributed by atoms with Crippen LogP contribution < -0.4 is 14.8 Å². The summed E-state index contributed by atoms with van der Waals surface area (Å²) in [5.41, 5.74) is 1.17. The van der Waals surface area contributed by atoms with Crippen LogP contribution in [0, 0.1) is 0 Å². The van der Waals surface area contributed by atoms with E-state index in [1.165, 1.54) is 5.56 Å². The molecule has 5 nitrogen and oxygen atoms in total. The molecular weight excluding hydrogens is 268 g/mol. The van der Waals surface area contributed by atoms with Crippen LogP contribution in [0.25, 0.3) is 0 Å². The van der Waals surface area contributed by atoms with Gasteiger partial charge >= 0.3 is 0 Å². The van der Waals surface area contributed by atoms with Crippen LogP contribution in [-0.4, -0.2) is 51.1 Å². The quantitative estimate of drug-likeness (QED) is 0.867. The van der Waals surface area contributed by atoms with E-state index < -0.39 is 0 Å². The predicted octanol–water partition coefficient (Wildman–Crippen LogP) is 1.86. The number of methoxy groups -OCH3 is 2. The maximum atomic E-state index is 5.75. The molecule has 5 heteroatoms. The second kappa shape index (κ2) is 7.64. The number of nitrogens with zero attached hydrogens (tertiary/aromatic N) is 1. The van der Waals surface area contributed by atoms with Gasteiger partial charge in [0.15, 0.2) is 0 Å². The minimum atomic E-state index is 0.0907. The van der Waals surface area contributed by atoms with Crippen molar-refractivity contribution in [1.29, 1.82) is 0 Å². The van der Waals surface area contributed by atoms with Gasteiger partial charge in [0.2, 0.25) is 0 Å². The van der Waals surface area contributed by atoms with E-state index in [-0.39, 0.29) is 6.23 Å². The Balaban J connectivity index is 2.09. The molecule has 118 valence electrons. The van der Waals surface area contributed by atoms with E-state index in [2.05, 4.69) is 23.2 Å².